The highest BCUT2D eigenvalue weighted by Gasteiger charge is 2.22. The largest absolute Gasteiger partial charge is 0.497 e. The summed E-state index contributed by atoms with van der Waals surface area (Å²) in [5, 5.41) is 16.1. The molecule has 2 N–H and O–H groups in total. The lowest BCUT2D eigenvalue weighted by atomic mass is 10.2. The standard InChI is InChI=1S/C20H19FN6O3.C7H18S/c1-29-13-7-15(19(21)17(8-13)30-2)24-18-4-3-14-20(26-18)25-16(10-22-14)12-9-23-27(11-12)5-6-28;1-7(2,3)8(4,5)6/h3-4,7-11,28H,5-6H2,1-2H3,(H,24,25,26);1-6H3. The van der Waals surface area contributed by atoms with Gasteiger partial charge in [0.15, 0.2) is 17.2 Å². The van der Waals surface area contributed by atoms with Crippen molar-refractivity contribution in [2.45, 2.75) is 32.1 Å². The number of ether oxygens (including phenoxy) is 2. The predicted molar refractivity (Wildman–Crippen MR) is 154 cm³/mol. The molecule has 9 nitrogen and oxygen atoms in total. The van der Waals surface area contributed by atoms with E-state index in [1.165, 1.54) is 26.4 Å². The molecule has 4 rings (SSSR count). The SMILES string of the molecule is CC(C)(C)S(C)(C)C.COc1cc(Nc2ccc3ncc(-c4cnn(CCO)c4)nc3n2)c(F)c(OC)c1. The number of aliphatic hydroxyl groups is 1. The fourth-order valence-electron chi connectivity index (χ4n) is 2.89. The van der Waals surface area contributed by atoms with Crippen LogP contribution in [0.2, 0.25) is 0 Å². The molecule has 0 spiro atoms. The van der Waals surface area contributed by atoms with E-state index in [-0.39, 0.29) is 28.1 Å². The molecule has 1 aromatic carbocycles. The zero-order chi connectivity index (χ0) is 28.1. The molecule has 0 fully saturated rings. The van der Waals surface area contributed by atoms with E-state index in [0.29, 0.717) is 39.7 Å². The van der Waals surface area contributed by atoms with Crippen molar-refractivity contribution in [3.05, 3.63) is 48.7 Å². The number of nitrogens with zero attached hydrogens (tertiary/aromatic N) is 5. The van der Waals surface area contributed by atoms with Gasteiger partial charge in [0.2, 0.25) is 0 Å². The number of aromatic nitrogens is 5. The molecule has 3 heterocycles. The third kappa shape index (κ3) is 7.11. The predicted octanol–water partition coefficient (Wildman–Crippen LogP) is 5.26. The van der Waals surface area contributed by atoms with E-state index < -0.39 is 5.82 Å². The minimum absolute atomic E-state index is 0.00722. The molecule has 0 aliphatic heterocycles. The maximum Gasteiger partial charge on any atom is 0.188 e. The number of pyridine rings is 1. The Morgan fingerprint density at radius 3 is 2.37 bits per heavy atom. The number of anilines is 2. The van der Waals surface area contributed by atoms with Crippen LogP contribution in [0.1, 0.15) is 20.8 Å². The normalized spacial score (nSPS) is 12.1. The van der Waals surface area contributed by atoms with Gasteiger partial charge in [-0.25, -0.2) is 24.4 Å². The van der Waals surface area contributed by atoms with Crippen LogP contribution in [0, 0.1) is 5.82 Å². The number of methoxy groups -OCH3 is 2. The van der Waals surface area contributed by atoms with Gasteiger partial charge in [0.1, 0.15) is 17.1 Å². The third-order valence-corrected chi connectivity index (χ3v) is 9.91. The molecule has 0 aliphatic carbocycles. The van der Waals surface area contributed by atoms with Crippen molar-refractivity contribution in [2.24, 2.45) is 0 Å². The number of nitrogens with one attached hydrogen (secondary N) is 1. The number of fused-ring (bicyclic) bond motifs is 1. The minimum atomic E-state index is -0.559. The highest BCUT2D eigenvalue weighted by molar-refractivity contribution is 8.33. The van der Waals surface area contributed by atoms with Gasteiger partial charge in [0.25, 0.3) is 0 Å². The maximum absolute atomic E-state index is 14.6. The van der Waals surface area contributed by atoms with Crippen LogP contribution in [0.5, 0.6) is 11.5 Å². The minimum Gasteiger partial charge on any atom is -0.497 e. The van der Waals surface area contributed by atoms with Crippen molar-refractivity contribution < 1.29 is 19.0 Å². The van der Waals surface area contributed by atoms with Crippen molar-refractivity contribution >= 4 is 32.7 Å². The number of rotatable bonds is 7. The van der Waals surface area contributed by atoms with E-state index in [4.69, 9.17) is 14.6 Å². The Kier molecular flexibility index (Phi) is 9.16. The highest BCUT2D eigenvalue weighted by Crippen LogP contribution is 2.48. The lowest BCUT2D eigenvalue weighted by Crippen LogP contribution is -2.21. The van der Waals surface area contributed by atoms with E-state index in [1.807, 2.05) is 0 Å². The van der Waals surface area contributed by atoms with Crippen LogP contribution in [0.3, 0.4) is 0 Å². The maximum atomic E-state index is 14.6. The van der Waals surface area contributed by atoms with Gasteiger partial charge in [-0.3, -0.25) is 9.67 Å². The van der Waals surface area contributed by atoms with Crippen molar-refractivity contribution in [3.8, 4) is 22.8 Å². The summed E-state index contributed by atoms with van der Waals surface area (Å²) in [6.45, 7) is 7.31. The number of hydrogen-bond acceptors (Lipinski definition) is 8. The molecule has 0 atom stereocenters. The van der Waals surface area contributed by atoms with E-state index in [0.717, 1.165) is 5.56 Å². The van der Waals surface area contributed by atoms with Gasteiger partial charge in [0, 0.05) is 23.9 Å². The molecule has 0 saturated carbocycles. The van der Waals surface area contributed by atoms with E-state index in [2.05, 4.69) is 64.9 Å². The molecule has 0 radical (unpaired) electrons. The first-order valence-corrected chi connectivity index (χ1v) is 14.9. The summed E-state index contributed by atoms with van der Waals surface area (Å²) in [7, 11) is 2.53. The lowest BCUT2D eigenvalue weighted by molar-refractivity contribution is 0.269. The summed E-state index contributed by atoms with van der Waals surface area (Å²) >= 11 is 0. The average Bonchev–Trinajstić information content (AvgIpc) is 3.33. The van der Waals surface area contributed by atoms with Crippen LogP contribution in [-0.4, -0.2) is 74.2 Å². The van der Waals surface area contributed by atoms with Gasteiger partial charge in [-0.05, 0) is 35.6 Å². The van der Waals surface area contributed by atoms with Crippen molar-refractivity contribution in [3.63, 3.8) is 0 Å². The second-order valence-electron chi connectivity index (χ2n) is 10.3. The van der Waals surface area contributed by atoms with Crippen molar-refractivity contribution in [2.75, 3.05) is 44.9 Å². The van der Waals surface area contributed by atoms with Crippen molar-refractivity contribution in [1.29, 1.82) is 0 Å². The molecule has 4 aromatic rings. The summed E-state index contributed by atoms with van der Waals surface area (Å²) in [5.74, 6) is 0.327. The first kappa shape index (κ1) is 29.1. The van der Waals surface area contributed by atoms with E-state index in [1.54, 1.807) is 35.4 Å². The van der Waals surface area contributed by atoms with E-state index >= 15 is 0 Å². The molecular formula is C27H37FN6O3S. The second-order valence-corrected chi connectivity index (χ2v) is 15.2. The Morgan fingerprint density at radius 2 is 1.76 bits per heavy atom. The Labute approximate surface area is 224 Å². The summed E-state index contributed by atoms with van der Waals surface area (Å²) in [6.07, 6.45) is 12.1. The molecule has 0 amide bonds. The fraction of sp³-hybridized carbons (Fsp3) is 0.407. The van der Waals surface area contributed by atoms with Crippen LogP contribution >= 0.6 is 10.0 Å². The molecule has 0 aliphatic rings. The van der Waals surface area contributed by atoms with Gasteiger partial charge in [-0.15, -0.1) is 0 Å². The zero-order valence-corrected chi connectivity index (χ0v) is 24.1. The van der Waals surface area contributed by atoms with E-state index in [9.17, 15) is 4.39 Å². The van der Waals surface area contributed by atoms with Crippen LogP contribution < -0.4 is 14.8 Å². The van der Waals surface area contributed by atoms with Gasteiger partial charge < -0.3 is 19.9 Å². The first-order chi connectivity index (χ1) is 17.9. The van der Waals surface area contributed by atoms with Crippen molar-refractivity contribution in [1.82, 2.24) is 24.7 Å². The van der Waals surface area contributed by atoms with Crippen LogP contribution in [0.25, 0.3) is 22.4 Å². The van der Waals surface area contributed by atoms with Crippen LogP contribution in [0.4, 0.5) is 15.9 Å². The quantitative estimate of drug-likeness (QED) is 0.325. The summed E-state index contributed by atoms with van der Waals surface area (Å²) in [6, 6.07) is 6.40. The fourth-order valence-corrected chi connectivity index (χ4v) is 2.89. The first-order valence-electron chi connectivity index (χ1n) is 12.0. The third-order valence-electron chi connectivity index (χ3n) is 6.23. The van der Waals surface area contributed by atoms with Crippen LogP contribution in [-0.2, 0) is 6.54 Å². The lowest BCUT2D eigenvalue weighted by Gasteiger charge is -2.40. The average molecular weight is 545 g/mol. The zero-order valence-electron chi connectivity index (χ0n) is 23.2. The molecule has 38 heavy (non-hydrogen) atoms. The monoisotopic (exact) mass is 544 g/mol. The van der Waals surface area contributed by atoms with Gasteiger partial charge in [-0.1, -0.05) is 20.8 Å². The summed E-state index contributed by atoms with van der Waals surface area (Å²) < 4.78 is 27.0. The Bertz CT molecular complexity index is 1370. The van der Waals surface area contributed by atoms with Gasteiger partial charge in [0.05, 0.1) is 51.1 Å². The molecular weight excluding hydrogens is 507 g/mol. The molecule has 3 aromatic heterocycles. The Balaban J connectivity index is 0.000000436. The number of hydrogen-bond donors (Lipinski definition) is 2. The topological polar surface area (TPSA) is 107 Å². The highest BCUT2D eigenvalue weighted by atomic mass is 32.3. The molecule has 206 valence electrons. The summed E-state index contributed by atoms with van der Waals surface area (Å²) in [4.78, 5) is 13.4. The smallest absolute Gasteiger partial charge is 0.188 e. The molecule has 0 bridgehead atoms. The van der Waals surface area contributed by atoms with Gasteiger partial charge in [-0.2, -0.15) is 5.10 Å². The second kappa shape index (κ2) is 12.0. The Hall–Kier alpha value is -3.44. The van der Waals surface area contributed by atoms with Crippen LogP contribution in [0.15, 0.2) is 42.9 Å². The molecule has 0 saturated heterocycles. The number of benzene rings is 1. The number of halogens is 1. The Morgan fingerprint density at radius 1 is 1.05 bits per heavy atom. The molecule has 11 heteroatoms. The molecule has 0 unspecified atom stereocenters. The number of aliphatic hydroxyl groups excluding tert-OH is 1. The summed E-state index contributed by atoms with van der Waals surface area (Å²) in [5.41, 5.74) is 2.48. The van der Waals surface area contributed by atoms with Gasteiger partial charge >= 0.3 is 0 Å².